The topological polar surface area (TPSA) is 70.6 Å². The van der Waals surface area contributed by atoms with E-state index in [4.69, 9.17) is 4.74 Å². The Bertz CT molecular complexity index is 230. The van der Waals surface area contributed by atoms with Crippen molar-refractivity contribution >= 4 is 5.91 Å². The Morgan fingerprint density at radius 2 is 2.00 bits per heavy atom. The molecule has 0 aromatic rings. The van der Waals surface area contributed by atoms with Crippen molar-refractivity contribution < 1.29 is 14.6 Å². The van der Waals surface area contributed by atoms with Gasteiger partial charge in [0.05, 0.1) is 24.2 Å². The monoisotopic (exact) mass is 246 g/mol. The van der Waals surface area contributed by atoms with Gasteiger partial charge in [0, 0.05) is 20.1 Å². The van der Waals surface area contributed by atoms with Crippen LogP contribution in [0.4, 0.5) is 0 Å². The number of carbonyl (C=O) groups is 1. The first-order valence-electron chi connectivity index (χ1n) is 6.02. The van der Waals surface area contributed by atoms with E-state index >= 15 is 0 Å². The van der Waals surface area contributed by atoms with E-state index in [1.807, 2.05) is 27.7 Å². The second-order valence-corrected chi connectivity index (χ2v) is 5.13. The lowest BCUT2D eigenvalue weighted by Crippen LogP contribution is -2.44. The summed E-state index contributed by atoms with van der Waals surface area (Å²) in [6.45, 7) is 8.82. The molecule has 0 aromatic carbocycles. The summed E-state index contributed by atoms with van der Waals surface area (Å²) in [5, 5.41) is 15.3. The lowest BCUT2D eigenvalue weighted by atomic mass is 9.92. The zero-order valence-corrected chi connectivity index (χ0v) is 11.5. The standard InChI is InChI=1S/C12H26N2O3/c1-9(2)17-7-10(15)6-14-8-12(3,4)11(16)13-5/h9-10,14-15H,6-8H2,1-5H3,(H,13,16). The molecule has 0 saturated carbocycles. The molecule has 0 aliphatic carbocycles. The third-order valence-corrected chi connectivity index (χ3v) is 2.41. The molecular weight excluding hydrogens is 220 g/mol. The van der Waals surface area contributed by atoms with Crippen LogP contribution in [0.2, 0.25) is 0 Å². The van der Waals surface area contributed by atoms with Crippen molar-refractivity contribution in [2.45, 2.75) is 39.9 Å². The molecule has 1 atom stereocenters. The molecular formula is C12H26N2O3. The summed E-state index contributed by atoms with van der Waals surface area (Å²) in [7, 11) is 1.62. The SMILES string of the molecule is CNC(=O)C(C)(C)CNCC(O)COC(C)C. The third kappa shape index (κ3) is 7.31. The molecule has 1 amide bonds. The molecule has 0 aromatic heterocycles. The fourth-order valence-electron chi connectivity index (χ4n) is 1.33. The van der Waals surface area contributed by atoms with Crippen LogP contribution in [0, 0.1) is 5.41 Å². The summed E-state index contributed by atoms with van der Waals surface area (Å²) in [5.41, 5.74) is -0.479. The normalized spacial score (nSPS) is 13.8. The van der Waals surface area contributed by atoms with E-state index in [1.165, 1.54) is 0 Å². The molecule has 0 heterocycles. The molecule has 102 valence electrons. The van der Waals surface area contributed by atoms with E-state index in [1.54, 1.807) is 7.05 Å². The average Bonchev–Trinajstić information content (AvgIpc) is 2.24. The van der Waals surface area contributed by atoms with Crippen molar-refractivity contribution in [3.8, 4) is 0 Å². The Morgan fingerprint density at radius 1 is 1.41 bits per heavy atom. The van der Waals surface area contributed by atoms with Gasteiger partial charge in [0.25, 0.3) is 0 Å². The highest BCUT2D eigenvalue weighted by molar-refractivity contribution is 5.81. The van der Waals surface area contributed by atoms with Crippen molar-refractivity contribution in [3.05, 3.63) is 0 Å². The second kappa shape index (κ2) is 7.63. The molecule has 0 saturated heterocycles. The van der Waals surface area contributed by atoms with Crippen LogP contribution in [0.3, 0.4) is 0 Å². The van der Waals surface area contributed by atoms with Gasteiger partial charge in [-0.2, -0.15) is 0 Å². The van der Waals surface area contributed by atoms with Crippen LogP contribution in [0.5, 0.6) is 0 Å². The molecule has 0 spiro atoms. The van der Waals surface area contributed by atoms with Gasteiger partial charge < -0.3 is 20.5 Å². The molecule has 1 unspecified atom stereocenters. The van der Waals surface area contributed by atoms with E-state index in [-0.39, 0.29) is 12.0 Å². The van der Waals surface area contributed by atoms with Crippen molar-refractivity contribution in [2.24, 2.45) is 5.41 Å². The Balaban J connectivity index is 3.79. The maximum atomic E-state index is 11.5. The molecule has 5 heteroatoms. The summed E-state index contributed by atoms with van der Waals surface area (Å²) >= 11 is 0. The zero-order chi connectivity index (χ0) is 13.5. The van der Waals surface area contributed by atoms with Crippen molar-refractivity contribution in [3.63, 3.8) is 0 Å². The number of aliphatic hydroxyl groups excluding tert-OH is 1. The summed E-state index contributed by atoms with van der Waals surface area (Å²) in [4.78, 5) is 11.5. The molecule has 5 nitrogen and oxygen atoms in total. The first kappa shape index (κ1) is 16.4. The Morgan fingerprint density at radius 3 is 2.47 bits per heavy atom. The van der Waals surface area contributed by atoms with E-state index in [2.05, 4.69) is 10.6 Å². The smallest absolute Gasteiger partial charge is 0.226 e. The van der Waals surface area contributed by atoms with E-state index in [0.29, 0.717) is 19.7 Å². The zero-order valence-electron chi connectivity index (χ0n) is 11.5. The molecule has 0 aliphatic rings. The van der Waals surface area contributed by atoms with Gasteiger partial charge in [-0.15, -0.1) is 0 Å². The molecule has 0 fully saturated rings. The summed E-state index contributed by atoms with van der Waals surface area (Å²) in [6.07, 6.45) is -0.426. The molecule has 0 aliphatic heterocycles. The van der Waals surface area contributed by atoms with Crippen LogP contribution < -0.4 is 10.6 Å². The number of aliphatic hydroxyl groups is 1. The fourth-order valence-corrected chi connectivity index (χ4v) is 1.33. The van der Waals surface area contributed by atoms with Gasteiger partial charge in [-0.25, -0.2) is 0 Å². The molecule has 3 N–H and O–H groups in total. The summed E-state index contributed by atoms with van der Waals surface area (Å²) in [6, 6.07) is 0. The Kier molecular flexibility index (Phi) is 7.34. The highest BCUT2D eigenvalue weighted by Gasteiger charge is 2.26. The lowest BCUT2D eigenvalue weighted by molar-refractivity contribution is -0.128. The average molecular weight is 246 g/mol. The van der Waals surface area contributed by atoms with Gasteiger partial charge in [-0.1, -0.05) is 0 Å². The van der Waals surface area contributed by atoms with Crippen LogP contribution in [-0.4, -0.2) is 50.0 Å². The first-order valence-corrected chi connectivity index (χ1v) is 6.02. The van der Waals surface area contributed by atoms with Gasteiger partial charge in [0.1, 0.15) is 0 Å². The predicted molar refractivity (Wildman–Crippen MR) is 67.8 cm³/mol. The predicted octanol–water partition coefficient (Wildman–Crippen LogP) is 0.134. The van der Waals surface area contributed by atoms with Crippen molar-refractivity contribution in [2.75, 3.05) is 26.7 Å². The quantitative estimate of drug-likeness (QED) is 0.569. The highest BCUT2D eigenvalue weighted by atomic mass is 16.5. The van der Waals surface area contributed by atoms with E-state index < -0.39 is 11.5 Å². The van der Waals surface area contributed by atoms with Crippen LogP contribution in [0.25, 0.3) is 0 Å². The van der Waals surface area contributed by atoms with E-state index in [9.17, 15) is 9.90 Å². The number of ether oxygens (including phenoxy) is 1. The van der Waals surface area contributed by atoms with Crippen LogP contribution >= 0.6 is 0 Å². The summed E-state index contributed by atoms with van der Waals surface area (Å²) in [5.74, 6) is -0.0158. The maximum absolute atomic E-state index is 11.5. The number of nitrogens with one attached hydrogen (secondary N) is 2. The van der Waals surface area contributed by atoms with Gasteiger partial charge in [0.15, 0.2) is 0 Å². The van der Waals surface area contributed by atoms with Gasteiger partial charge in [0.2, 0.25) is 5.91 Å². The van der Waals surface area contributed by atoms with E-state index in [0.717, 1.165) is 0 Å². The minimum Gasteiger partial charge on any atom is -0.389 e. The lowest BCUT2D eigenvalue weighted by Gasteiger charge is -2.24. The number of hydrogen-bond acceptors (Lipinski definition) is 4. The van der Waals surface area contributed by atoms with Crippen molar-refractivity contribution in [1.29, 1.82) is 0 Å². The van der Waals surface area contributed by atoms with Gasteiger partial charge in [-0.05, 0) is 27.7 Å². The molecule has 0 bridgehead atoms. The third-order valence-electron chi connectivity index (χ3n) is 2.41. The first-order chi connectivity index (χ1) is 7.79. The minimum atomic E-state index is -0.544. The minimum absolute atomic E-state index is 0.0158. The molecule has 0 rings (SSSR count). The molecule has 0 radical (unpaired) electrons. The van der Waals surface area contributed by atoms with Crippen LogP contribution in [-0.2, 0) is 9.53 Å². The number of rotatable bonds is 8. The number of carbonyl (C=O) groups excluding carboxylic acids is 1. The van der Waals surface area contributed by atoms with Crippen LogP contribution in [0.1, 0.15) is 27.7 Å². The largest absolute Gasteiger partial charge is 0.389 e. The van der Waals surface area contributed by atoms with Crippen molar-refractivity contribution in [1.82, 2.24) is 10.6 Å². The van der Waals surface area contributed by atoms with Crippen LogP contribution in [0.15, 0.2) is 0 Å². The van der Waals surface area contributed by atoms with Gasteiger partial charge in [-0.3, -0.25) is 4.79 Å². The fraction of sp³-hybridized carbons (Fsp3) is 0.917. The summed E-state index contributed by atoms with van der Waals surface area (Å²) < 4.78 is 5.29. The molecule has 17 heavy (non-hydrogen) atoms. The maximum Gasteiger partial charge on any atom is 0.226 e. The highest BCUT2D eigenvalue weighted by Crippen LogP contribution is 2.12. The Hall–Kier alpha value is -0.650. The Labute approximate surface area is 104 Å². The second-order valence-electron chi connectivity index (χ2n) is 5.13. The number of hydrogen-bond donors (Lipinski definition) is 3. The number of amides is 1. The van der Waals surface area contributed by atoms with Gasteiger partial charge >= 0.3 is 0 Å².